The Morgan fingerprint density at radius 1 is 1.00 bits per heavy atom. The van der Waals surface area contributed by atoms with Crippen LogP contribution in [0.15, 0.2) is 17.0 Å². The van der Waals surface area contributed by atoms with Crippen LogP contribution in [-0.4, -0.2) is 80.4 Å². The Balaban J connectivity index is 1.79. The van der Waals surface area contributed by atoms with Gasteiger partial charge in [-0.3, -0.25) is 4.79 Å². The molecular formula is C22H33N3O5S. The van der Waals surface area contributed by atoms with E-state index in [1.807, 2.05) is 6.92 Å². The lowest BCUT2D eigenvalue weighted by atomic mass is 10.0. The number of piperidine rings is 1. The van der Waals surface area contributed by atoms with Gasteiger partial charge in [-0.2, -0.15) is 4.31 Å². The minimum absolute atomic E-state index is 0.213. The number of nitrogens with zero attached hydrogens (tertiary/aromatic N) is 3. The summed E-state index contributed by atoms with van der Waals surface area (Å²) < 4.78 is 33.2. The van der Waals surface area contributed by atoms with E-state index in [1.54, 1.807) is 34.0 Å². The summed E-state index contributed by atoms with van der Waals surface area (Å²) in [5.74, 6) is 0.311. The van der Waals surface area contributed by atoms with Crippen molar-refractivity contribution in [1.29, 1.82) is 0 Å². The molecule has 0 N–H and O–H groups in total. The van der Waals surface area contributed by atoms with Crippen molar-refractivity contribution in [2.24, 2.45) is 5.92 Å². The first-order valence-corrected chi connectivity index (χ1v) is 12.4. The van der Waals surface area contributed by atoms with E-state index in [9.17, 15) is 18.0 Å². The second-order valence-corrected chi connectivity index (χ2v) is 10.4. The van der Waals surface area contributed by atoms with Gasteiger partial charge in [0.05, 0.1) is 11.5 Å². The molecule has 3 rings (SSSR count). The van der Waals surface area contributed by atoms with Crippen LogP contribution < -0.4 is 0 Å². The van der Waals surface area contributed by atoms with Crippen molar-refractivity contribution in [3.8, 4) is 0 Å². The highest BCUT2D eigenvalue weighted by Gasteiger charge is 2.32. The number of hydrogen-bond acceptors (Lipinski definition) is 5. The SMILES string of the molecule is CCOC(=O)N1CCN(C(=O)c2cc(C)c(C)c(S(=O)(=O)N3CCC(C)CC3)c2)CC1. The fourth-order valence-electron chi connectivity index (χ4n) is 4.07. The van der Waals surface area contributed by atoms with E-state index in [4.69, 9.17) is 4.74 Å². The highest BCUT2D eigenvalue weighted by Crippen LogP contribution is 2.28. The number of carbonyl (C=O) groups is 2. The van der Waals surface area contributed by atoms with E-state index in [-0.39, 0.29) is 16.9 Å². The Hall–Kier alpha value is -2.13. The van der Waals surface area contributed by atoms with Crippen molar-refractivity contribution < 1.29 is 22.7 Å². The zero-order chi connectivity index (χ0) is 22.8. The number of hydrogen-bond donors (Lipinski definition) is 0. The van der Waals surface area contributed by atoms with Crippen LogP contribution >= 0.6 is 0 Å². The summed E-state index contributed by atoms with van der Waals surface area (Å²) in [5, 5.41) is 0. The molecule has 1 aromatic rings. The molecule has 0 spiro atoms. The van der Waals surface area contributed by atoms with Gasteiger partial charge in [-0.1, -0.05) is 6.92 Å². The van der Waals surface area contributed by atoms with Crippen molar-refractivity contribution in [2.45, 2.75) is 45.4 Å². The molecule has 2 saturated heterocycles. The smallest absolute Gasteiger partial charge is 0.409 e. The van der Waals surface area contributed by atoms with Crippen molar-refractivity contribution in [3.05, 3.63) is 28.8 Å². The normalized spacial score (nSPS) is 18.8. The lowest BCUT2D eigenvalue weighted by Crippen LogP contribution is -2.50. The topological polar surface area (TPSA) is 87.2 Å². The molecule has 2 fully saturated rings. The van der Waals surface area contributed by atoms with Gasteiger partial charge in [0.1, 0.15) is 0 Å². The van der Waals surface area contributed by atoms with Gasteiger partial charge in [0.2, 0.25) is 10.0 Å². The standard InChI is InChI=1S/C22H33N3O5S/c1-5-30-22(27)24-12-10-23(11-13-24)21(26)19-14-17(3)18(4)20(15-19)31(28,29)25-8-6-16(2)7-9-25/h14-16H,5-13H2,1-4H3. The quantitative estimate of drug-likeness (QED) is 0.702. The predicted molar refractivity (Wildman–Crippen MR) is 118 cm³/mol. The number of sulfonamides is 1. The molecule has 1 aromatic carbocycles. The fraction of sp³-hybridized carbons (Fsp3) is 0.636. The molecule has 2 heterocycles. The first kappa shape index (κ1) is 23.5. The van der Waals surface area contributed by atoms with Gasteiger partial charge in [-0.25, -0.2) is 13.2 Å². The van der Waals surface area contributed by atoms with Crippen LogP contribution in [0.4, 0.5) is 4.79 Å². The average Bonchev–Trinajstić information content (AvgIpc) is 2.75. The molecule has 0 unspecified atom stereocenters. The summed E-state index contributed by atoms with van der Waals surface area (Å²) in [6, 6.07) is 3.28. The molecule has 172 valence electrons. The van der Waals surface area contributed by atoms with Gasteiger partial charge in [0.15, 0.2) is 0 Å². The van der Waals surface area contributed by atoms with Crippen LogP contribution in [0.2, 0.25) is 0 Å². The van der Waals surface area contributed by atoms with Crippen LogP contribution in [0.3, 0.4) is 0 Å². The van der Waals surface area contributed by atoms with Crippen molar-refractivity contribution in [1.82, 2.24) is 14.1 Å². The number of benzene rings is 1. The lowest BCUT2D eigenvalue weighted by molar-refractivity contribution is 0.0570. The zero-order valence-corrected chi connectivity index (χ0v) is 19.7. The average molecular weight is 452 g/mol. The molecule has 0 saturated carbocycles. The zero-order valence-electron chi connectivity index (χ0n) is 18.9. The molecule has 9 heteroatoms. The fourth-order valence-corrected chi connectivity index (χ4v) is 5.87. The predicted octanol–water partition coefficient (Wildman–Crippen LogP) is 2.64. The summed E-state index contributed by atoms with van der Waals surface area (Å²) in [7, 11) is -3.66. The molecule has 2 amide bonds. The second kappa shape index (κ2) is 9.56. The molecule has 8 nitrogen and oxygen atoms in total. The minimum Gasteiger partial charge on any atom is -0.450 e. The molecule has 0 radical (unpaired) electrons. The van der Waals surface area contributed by atoms with Crippen LogP contribution in [-0.2, 0) is 14.8 Å². The molecule has 31 heavy (non-hydrogen) atoms. The molecule has 0 aliphatic carbocycles. The molecule has 2 aliphatic rings. The monoisotopic (exact) mass is 451 g/mol. The maximum Gasteiger partial charge on any atom is 0.409 e. The molecule has 2 aliphatic heterocycles. The van der Waals surface area contributed by atoms with Gasteiger partial charge in [0.25, 0.3) is 5.91 Å². The third-order valence-corrected chi connectivity index (χ3v) is 8.34. The van der Waals surface area contributed by atoms with Crippen LogP contribution in [0.5, 0.6) is 0 Å². The number of ether oxygens (including phenoxy) is 1. The Bertz CT molecular complexity index is 931. The van der Waals surface area contributed by atoms with E-state index in [1.165, 1.54) is 6.07 Å². The van der Waals surface area contributed by atoms with Crippen molar-refractivity contribution in [3.63, 3.8) is 0 Å². The van der Waals surface area contributed by atoms with Crippen LogP contribution in [0.25, 0.3) is 0 Å². The van der Waals surface area contributed by atoms with Gasteiger partial charge < -0.3 is 14.5 Å². The number of piperazine rings is 1. The Labute approximate surface area is 185 Å². The second-order valence-electron chi connectivity index (χ2n) is 8.48. The maximum absolute atomic E-state index is 13.3. The van der Waals surface area contributed by atoms with Crippen molar-refractivity contribution in [2.75, 3.05) is 45.9 Å². The van der Waals surface area contributed by atoms with E-state index in [0.29, 0.717) is 62.9 Å². The molecule has 0 bridgehead atoms. The summed E-state index contributed by atoms with van der Waals surface area (Å²) in [4.78, 5) is 28.5. The number of carbonyl (C=O) groups excluding carboxylic acids is 2. The molecule has 0 aromatic heterocycles. The third kappa shape index (κ3) is 5.03. The van der Waals surface area contributed by atoms with Crippen molar-refractivity contribution >= 4 is 22.0 Å². The van der Waals surface area contributed by atoms with E-state index >= 15 is 0 Å². The highest BCUT2D eigenvalue weighted by molar-refractivity contribution is 7.89. The summed E-state index contributed by atoms with van der Waals surface area (Å²) in [6.45, 7) is 10.4. The number of amides is 2. The van der Waals surface area contributed by atoms with Gasteiger partial charge >= 0.3 is 6.09 Å². The van der Waals surface area contributed by atoms with E-state index in [0.717, 1.165) is 18.4 Å². The Morgan fingerprint density at radius 3 is 2.16 bits per heavy atom. The Kier molecular flexibility index (Phi) is 7.26. The first-order valence-electron chi connectivity index (χ1n) is 11.0. The van der Waals surface area contributed by atoms with Crippen LogP contribution in [0, 0.1) is 19.8 Å². The third-order valence-electron chi connectivity index (χ3n) is 6.32. The van der Waals surface area contributed by atoms with Gasteiger partial charge in [0, 0.05) is 44.8 Å². The summed E-state index contributed by atoms with van der Waals surface area (Å²) in [6.07, 6.45) is 1.33. The number of rotatable bonds is 4. The molecular weight excluding hydrogens is 418 g/mol. The minimum atomic E-state index is -3.66. The maximum atomic E-state index is 13.3. The summed E-state index contributed by atoms with van der Waals surface area (Å²) >= 11 is 0. The first-order chi connectivity index (χ1) is 14.6. The van der Waals surface area contributed by atoms with Gasteiger partial charge in [-0.05, 0) is 62.8 Å². The Morgan fingerprint density at radius 2 is 1.58 bits per heavy atom. The van der Waals surface area contributed by atoms with E-state index in [2.05, 4.69) is 6.92 Å². The van der Waals surface area contributed by atoms with Gasteiger partial charge in [-0.15, -0.1) is 0 Å². The van der Waals surface area contributed by atoms with Crippen LogP contribution in [0.1, 0.15) is 48.2 Å². The summed E-state index contributed by atoms with van der Waals surface area (Å²) in [5.41, 5.74) is 1.83. The van der Waals surface area contributed by atoms with E-state index < -0.39 is 10.0 Å². The number of aryl methyl sites for hydroxylation is 1. The lowest BCUT2D eigenvalue weighted by Gasteiger charge is -2.34. The largest absolute Gasteiger partial charge is 0.450 e. The highest BCUT2D eigenvalue weighted by atomic mass is 32.2. The molecule has 0 atom stereocenters.